The maximum Gasteiger partial charge on any atom is 0.192 e. The van der Waals surface area contributed by atoms with E-state index in [0.717, 1.165) is 17.1 Å². The van der Waals surface area contributed by atoms with Gasteiger partial charge in [0, 0.05) is 17.3 Å². The van der Waals surface area contributed by atoms with E-state index in [4.69, 9.17) is 5.73 Å². The van der Waals surface area contributed by atoms with Crippen molar-refractivity contribution in [1.82, 2.24) is 9.97 Å². The summed E-state index contributed by atoms with van der Waals surface area (Å²) in [4.78, 5) is 9.85. The zero-order chi connectivity index (χ0) is 13.0. The molecular formula is C14H17N3S. The van der Waals surface area contributed by atoms with Crippen LogP contribution in [0.3, 0.4) is 0 Å². The Morgan fingerprint density at radius 2 is 1.83 bits per heavy atom. The van der Waals surface area contributed by atoms with Crippen LogP contribution < -0.4 is 5.73 Å². The molecule has 0 amide bonds. The average Bonchev–Trinajstić information content (AvgIpc) is 2.37. The lowest BCUT2D eigenvalue weighted by Gasteiger charge is -2.04. The number of aryl methyl sites for hydroxylation is 2. The second-order valence-corrected chi connectivity index (χ2v) is 5.30. The van der Waals surface area contributed by atoms with Gasteiger partial charge in [0.15, 0.2) is 5.16 Å². The number of nitrogens with two attached hydrogens (primary N) is 1. The summed E-state index contributed by atoms with van der Waals surface area (Å²) in [5.74, 6) is 0. The van der Waals surface area contributed by atoms with E-state index in [-0.39, 0.29) is 0 Å². The molecule has 3 nitrogen and oxygen atoms in total. The van der Waals surface area contributed by atoms with Gasteiger partial charge in [-0.05, 0) is 67.4 Å². The van der Waals surface area contributed by atoms with E-state index in [1.54, 1.807) is 11.8 Å². The van der Waals surface area contributed by atoms with Gasteiger partial charge < -0.3 is 5.73 Å². The van der Waals surface area contributed by atoms with E-state index in [0.29, 0.717) is 6.54 Å². The predicted octanol–water partition coefficient (Wildman–Crippen LogP) is 2.75. The average molecular weight is 259 g/mol. The van der Waals surface area contributed by atoms with Crippen molar-refractivity contribution in [3.63, 3.8) is 0 Å². The molecule has 94 valence electrons. The van der Waals surface area contributed by atoms with Crippen LogP contribution in [-0.2, 0) is 6.42 Å². The Labute approximate surface area is 112 Å². The first-order valence-electron chi connectivity index (χ1n) is 5.95. The fraction of sp³-hybridized carbons (Fsp3) is 0.286. The standard InChI is InChI=1S/C14H17N3S/c1-10-3-4-13(7-11(10)2)18-14-16-8-12(5-6-15)9-17-14/h3-4,7-9H,5-6,15H2,1-2H3. The number of benzene rings is 1. The molecule has 2 N–H and O–H groups in total. The largest absolute Gasteiger partial charge is 0.330 e. The number of rotatable bonds is 4. The Bertz CT molecular complexity index is 523. The molecule has 0 radical (unpaired) electrons. The van der Waals surface area contributed by atoms with E-state index in [9.17, 15) is 0 Å². The van der Waals surface area contributed by atoms with Crippen molar-refractivity contribution in [2.24, 2.45) is 5.73 Å². The third-order valence-electron chi connectivity index (χ3n) is 2.80. The Morgan fingerprint density at radius 1 is 1.11 bits per heavy atom. The van der Waals surface area contributed by atoms with Gasteiger partial charge in [0.1, 0.15) is 0 Å². The van der Waals surface area contributed by atoms with Gasteiger partial charge in [-0.1, -0.05) is 6.07 Å². The second kappa shape index (κ2) is 5.98. The second-order valence-electron chi connectivity index (χ2n) is 4.26. The van der Waals surface area contributed by atoms with Gasteiger partial charge in [-0.15, -0.1) is 0 Å². The van der Waals surface area contributed by atoms with Crippen LogP contribution in [0, 0.1) is 13.8 Å². The number of hydrogen-bond acceptors (Lipinski definition) is 4. The van der Waals surface area contributed by atoms with Crippen LogP contribution in [0.25, 0.3) is 0 Å². The summed E-state index contributed by atoms with van der Waals surface area (Å²) in [6.07, 6.45) is 4.53. The summed E-state index contributed by atoms with van der Waals surface area (Å²) in [5, 5.41) is 0.777. The molecule has 0 fully saturated rings. The first kappa shape index (κ1) is 13.1. The summed E-state index contributed by atoms with van der Waals surface area (Å²) in [6.45, 7) is 4.86. The number of nitrogens with zero attached hydrogens (tertiary/aromatic N) is 2. The maximum atomic E-state index is 5.49. The number of hydrogen-bond donors (Lipinski definition) is 1. The molecule has 0 aliphatic carbocycles. The fourth-order valence-corrected chi connectivity index (χ4v) is 2.37. The minimum atomic E-state index is 0.632. The first-order chi connectivity index (χ1) is 8.69. The van der Waals surface area contributed by atoms with Gasteiger partial charge in [-0.25, -0.2) is 9.97 Å². The molecular weight excluding hydrogens is 242 g/mol. The van der Waals surface area contributed by atoms with E-state index in [1.165, 1.54) is 16.0 Å². The van der Waals surface area contributed by atoms with Crippen molar-refractivity contribution in [3.05, 3.63) is 47.3 Å². The van der Waals surface area contributed by atoms with Gasteiger partial charge in [-0.3, -0.25) is 0 Å². The van der Waals surface area contributed by atoms with Crippen molar-refractivity contribution >= 4 is 11.8 Å². The highest BCUT2D eigenvalue weighted by molar-refractivity contribution is 7.99. The quantitative estimate of drug-likeness (QED) is 0.858. The lowest BCUT2D eigenvalue weighted by atomic mass is 10.1. The molecule has 2 rings (SSSR count). The molecule has 4 heteroatoms. The monoisotopic (exact) mass is 259 g/mol. The highest BCUT2D eigenvalue weighted by Crippen LogP contribution is 2.25. The Hall–Kier alpha value is -1.39. The summed E-state index contributed by atoms with van der Waals surface area (Å²) < 4.78 is 0. The normalized spacial score (nSPS) is 10.6. The van der Waals surface area contributed by atoms with E-state index in [1.807, 2.05) is 12.4 Å². The van der Waals surface area contributed by atoms with Gasteiger partial charge in [-0.2, -0.15) is 0 Å². The highest BCUT2D eigenvalue weighted by atomic mass is 32.2. The molecule has 0 bridgehead atoms. The third-order valence-corrected chi connectivity index (χ3v) is 3.69. The molecule has 18 heavy (non-hydrogen) atoms. The predicted molar refractivity (Wildman–Crippen MR) is 74.8 cm³/mol. The van der Waals surface area contributed by atoms with Crippen LogP contribution in [0.1, 0.15) is 16.7 Å². The molecule has 0 unspecified atom stereocenters. The lowest BCUT2D eigenvalue weighted by Crippen LogP contribution is -2.03. The van der Waals surface area contributed by atoms with E-state index < -0.39 is 0 Å². The molecule has 1 aromatic carbocycles. The maximum absolute atomic E-state index is 5.49. The Kier molecular flexibility index (Phi) is 4.33. The van der Waals surface area contributed by atoms with E-state index in [2.05, 4.69) is 42.0 Å². The van der Waals surface area contributed by atoms with Crippen molar-refractivity contribution < 1.29 is 0 Å². The van der Waals surface area contributed by atoms with Gasteiger partial charge in [0.05, 0.1) is 0 Å². The fourth-order valence-electron chi connectivity index (χ4n) is 1.57. The van der Waals surface area contributed by atoms with Crippen LogP contribution in [0.5, 0.6) is 0 Å². The lowest BCUT2D eigenvalue weighted by molar-refractivity contribution is 0.890. The first-order valence-corrected chi connectivity index (χ1v) is 6.77. The molecule has 0 aliphatic heterocycles. The summed E-state index contributed by atoms with van der Waals surface area (Å²) in [6, 6.07) is 6.39. The molecule has 0 saturated carbocycles. The van der Waals surface area contributed by atoms with Crippen molar-refractivity contribution in [3.8, 4) is 0 Å². The van der Waals surface area contributed by atoms with Crippen LogP contribution >= 0.6 is 11.8 Å². The van der Waals surface area contributed by atoms with Crippen molar-refractivity contribution in [2.75, 3.05) is 6.54 Å². The Morgan fingerprint density at radius 3 is 2.44 bits per heavy atom. The molecule has 2 aromatic rings. The molecule has 1 heterocycles. The topological polar surface area (TPSA) is 51.8 Å². The molecule has 0 aliphatic rings. The SMILES string of the molecule is Cc1ccc(Sc2ncc(CCN)cn2)cc1C. The summed E-state index contributed by atoms with van der Waals surface area (Å²) in [7, 11) is 0. The Balaban J connectivity index is 2.10. The minimum absolute atomic E-state index is 0.632. The summed E-state index contributed by atoms with van der Waals surface area (Å²) >= 11 is 1.58. The third kappa shape index (κ3) is 3.31. The highest BCUT2D eigenvalue weighted by Gasteiger charge is 2.02. The smallest absolute Gasteiger partial charge is 0.192 e. The van der Waals surface area contributed by atoms with Gasteiger partial charge in [0.2, 0.25) is 0 Å². The van der Waals surface area contributed by atoms with Crippen LogP contribution in [0.15, 0.2) is 40.6 Å². The van der Waals surface area contributed by atoms with Gasteiger partial charge in [0.25, 0.3) is 0 Å². The molecule has 1 aromatic heterocycles. The minimum Gasteiger partial charge on any atom is -0.330 e. The van der Waals surface area contributed by atoms with Crippen molar-refractivity contribution in [1.29, 1.82) is 0 Å². The van der Waals surface area contributed by atoms with E-state index >= 15 is 0 Å². The molecule has 0 spiro atoms. The summed E-state index contributed by atoms with van der Waals surface area (Å²) in [5.41, 5.74) is 9.17. The van der Waals surface area contributed by atoms with Crippen LogP contribution in [-0.4, -0.2) is 16.5 Å². The van der Waals surface area contributed by atoms with Gasteiger partial charge >= 0.3 is 0 Å². The van der Waals surface area contributed by atoms with Crippen LogP contribution in [0.4, 0.5) is 0 Å². The molecule has 0 atom stereocenters. The van der Waals surface area contributed by atoms with Crippen molar-refractivity contribution in [2.45, 2.75) is 30.3 Å². The van der Waals surface area contributed by atoms with Crippen LogP contribution in [0.2, 0.25) is 0 Å². The number of aromatic nitrogens is 2. The zero-order valence-electron chi connectivity index (χ0n) is 10.7. The molecule has 0 saturated heterocycles. The zero-order valence-corrected chi connectivity index (χ0v) is 11.5.